The average Bonchev–Trinajstić information content (AvgIpc) is 2.65. The minimum absolute atomic E-state index is 0.141. The van der Waals surface area contributed by atoms with Crippen molar-refractivity contribution in [2.45, 2.75) is 0 Å². The number of carbonyl (C=O) groups is 1. The molecule has 82 valence electrons. The zero-order valence-electron chi connectivity index (χ0n) is 7.98. The standard InChI is InChI=1S/C9H7FN4OS/c10-5-2-1-3-6(4-5)12-7(15)8-13-14-9(11)16-8/h1-4H,(H2,11,14)(H,12,15). The minimum atomic E-state index is -0.459. The molecule has 1 heterocycles. The van der Waals surface area contributed by atoms with Crippen LogP contribution in [0.4, 0.5) is 15.2 Å². The molecule has 1 aromatic heterocycles. The molecule has 0 aliphatic heterocycles. The van der Waals surface area contributed by atoms with Crippen molar-refractivity contribution in [1.29, 1.82) is 0 Å². The molecule has 5 nitrogen and oxygen atoms in total. The van der Waals surface area contributed by atoms with Gasteiger partial charge in [-0.3, -0.25) is 4.79 Å². The molecular formula is C9H7FN4OS. The highest BCUT2D eigenvalue weighted by Gasteiger charge is 2.11. The van der Waals surface area contributed by atoms with Crippen LogP contribution in [0.1, 0.15) is 9.80 Å². The summed E-state index contributed by atoms with van der Waals surface area (Å²) in [7, 11) is 0. The molecule has 3 N–H and O–H groups in total. The van der Waals surface area contributed by atoms with Gasteiger partial charge in [-0.2, -0.15) is 0 Å². The molecule has 2 aromatic rings. The first-order valence-corrected chi connectivity index (χ1v) is 5.13. The van der Waals surface area contributed by atoms with Gasteiger partial charge in [-0.1, -0.05) is 17.4 Å². The van der Waals surface area contributed by atoms with Gasteiger partial charge in [-0.15, -0.1) is 10.2 Å². The van der Waals surface area contributed by atoms with Gasteiger partial charge in [0.1, 0.15) is 5.82 Å². The van der Waals surface area contributed by atoms with Gasteiger partial charge in [0.25, 0.3) is 5.91 Å². The van der Waals surface area contributed by atoms with Gasteiger partial charge in [-0.05, 0) is 18.2 Å². The summed E-state index contributed by atoms with van der Waals surface area (Å²) in [4.78, 5) is 11.6. The first-order chi connectivity index (χ1) is 7.65. The van der Waals surface area contributed by atoms with Crippen molar-refractivity contribution in [2.24, 2.45) is 0 Å². The number of carbonyl (C=O) groups excluding carboxylic acids is 1. The maximum Gasteiger partial charge on any atom is 0.286 e. The molecule has 0 atom stereocenters. The van der Waals surface area contributed by atoms with Gasteiger partial charge >= 0.3 is 0 Å². The highest BCUT2D eigenvalue weighted by Crippen LogP contribution is 2.14. The lowest BCUT2D eigenvalue weighted by Crippen LogP contribution is -2.11. The number of benzene rings is 1. The summed E-state index contributed by atoms with van der Waals surface area (Å²) in [5.41, 5.74) is 5.70. The number of nitrogens with zero attached hydrogens (tertiary/aromatic N) is 2. The smallest absolute Gasteiger partial charge is 0.286 e. The van der Waals surface area contributed by atoms with E-state index in [9.17, 15) is 9.18 Å². The van der Waals surface area contributed by atoms with Gasteiger partial charge in [0.2, 0.25) is 10.1 Å². The summed E-state index contributed by atoms with van der Waals surface area (Å²) >= 11 is 0.969. The molecule has 0 radical (unpaired) electrons. The third kappa shape index (κ3) is 2.31. The fourth-order valence-electron chi connectivity index (χ4n) is 1.08. The van der Waals surface area contributed by atoms with Crippen LogP contribution in [0.3, 0.4) is 0 Å². The zero-order valence-corrected chi connectivity index (χ0v) is 8.79. The Kier molecular flexibility index (Phi) is 2.78. The number of hydrogen-bond donors (Lipinski definition) is 2. The maximum absolute atomic E-state index is 12.8. The Morgan fingerprint density at radius 2 is 2.25 bits per heavy atom. The molecule has 0 fully saturated rings. The van der Waals surface area contributed by atoms with Gasteiger partial charge < -0.3 is 11.1 Å². The van der Waals surface area contributed by atoms with Crippen LogP contribution < -0.4 is 11.1 Å². The van der Waals surface area contributed by atoms with Gasteiger partial charge in [-0.25, -0.2) is 4.39 Å². The predicted molar refractivity (Wildman–Crippen MR) is 58.7 cm³/mol. The van der Waals surface area contributed by atoms with Crippen LogP contribution in [0, 0.1) is 5.82 Å². The van der Waals surface area contributed by atoms with Crippen LogP contribution in [0.5, 0.6) is 0 Å². The van der Waals surface area contributed by atoms with Gasteiger partial charge in [0.15, 0.2) is 0 Å². The molecular weight excluding hydrogens is 231 g/mol. The fraction of sp³-hybridized carbons (Fsp3) is 0. The third-order valence-corrected chi connectivity index (χ3v) is 2.47. The second-order valence-electron chi connectivity index (χ2n) is 2.91. The highest BCUT2D eigenvalue weighted by atomic mass is 32.1. The minimum Gasteiger partial charge on any atom is -0.374 e. The van der Waals surface area contributed by atoms with E-state index in [0.717, 1.165) is 11.3 Å². The van der Waals surface area contributed by atoms with Crippen LogP contribution in [0.25, 0.3) is 0 Å². The summed E-state index contributed by atoms with van der Waals surface area (Å²) in [5, 5.41) is 9.92. The highest BCUT2D eigenvalue weighted by molar-refractivity contribution is 7.16. The molecule has 0 aliphatic carbocycles. The fourth-order valence-corrected chi connectivity index (χ4v) is 1.58. The first-order valence-electron chi connectivity index (χ1n) is 4.31. The van der Waals surface area contributed by atoms with E-state index in [1.807, 2.05) is 0 Å². The van der Waals surface area contributed by atoms with Crippen molar-refractivity contribution < 1.29 is 9.18 Å². The average molecular weight is 238 g/mol. The zero-order chi connectivity index (χ0) is 11.5. The number of aromatic nitrogens is 2. The topological polar surface area (TPSA) is 80.9 Å². The van der Waals surface area contributed by atoms with Crippen LogP contribution in [-0.4, -0.2) is 16.1 Å². The van der Waals surface area contributed by atoms with E-state index in [1.54, 1.807) is 6.07 Å². The Bertz CT molecular complexity index is 528. The number of rotatable bonds is 2. The number of hydrogen-bond acceptors (Lipinski definition) is 5. The number of halogens is 1. The lowest BCUT2D eigenvalue weighted by atomic mass is 10.3. The van der Waals surface area contributed by atoms with E-state index in [1.165, 1.54) is 18.2 Å². The Morgan fingerprint density at radius 1 is 1.44 bits per heavy atom. The molecule has 1 aromatic carbocycles. The SMILES string of the molecule is Nc1nnc(C(=O)Nc2cccc(F)c2)s1. The van der Waals surface area contributed by atoms with Crippen molar-refractivity contribution >= 4 is 28.1 Å². The molecule has 16 heavy (non-hydrogen) atoms. The largest absolute Gasteiger partial charge is 0.374 e. The first kappa shape index (κ1) is 10.5. The summed E-state index contributed by atoms with van der Waals surface area (Å²) < 4.78 is 12.8. The van der Waals surface area contributed by atoms with Crippen LogP contribution in [-0.2, 0) is 0 Å². The molecule has 7 heteroatoms. The molecule has 1 amide bonds. The normalized spacial score (nSPS) is 10.1. The summed E-state index contributed by atoms with van der Waals surface area (Å²) in [6.45, 7) is 0. The van der Waals surface area contributed by atoms with E-state index in [4.69, 9.17) is 5.73 Å². The summed E-state index contributed by atoms with van der Waals surface area (Å²) in [6, 6.07) is 5.58. The third-order valence-electron chi connectivity index (χ3n) is 1.72. The predicted octanol–water partition coefficient (Wildman–Crippen LogP) is 1.51. The molecule has 0 bridgehead atoms. The summed E-state index contributed by atoms with van der Waals surface area (Å²) in [6.07, 6.45) is 0. The second kappa shape index (κ2) is 4.23. The van der Waals surface area contributed by atoms with Crippen LogP contribution in [0.2, 0.25) is 0 Å². The van der Waals surface area contributed by atoms with E-state index in [0.29, 0.717) is 5.69 Å². The van der Waals surface area contributed by atoms with Gasteiger partial charge in [0.05, 0.1) is 0 Å². The summed E-state index contributed by atoms with van der Waals surface area (Å²) in [5.74, 6) is -0.880. The molecule has 0 unspecified atom stereocenters. The quantitative estimate of drug-likeness (QED) is 0.831. The lowest BCUT2D eigenvalue weighted by Gasteiger charge is -2.01. The van der Waals surface area contributed by atoms with Crippen LogP contribution >= 0.6 is 11.3 Å². The number of nitrogens with two attached hydrogens (primary N) is 1. The van der Waals surface area contributed by atoms with Crippen molar-refractivity contribution in [3.05, 3.63) is 35.1 Å². The molecule has 0 saturated carbocycles. The van der Waals surface area contributed by atoms with E-state index >= 15 is 0 Å². The van der Waals surface area contributed by atoms with E-state index in [-0.39, 0.29) is 10.1 Å². The van der Waals surface area contributed by atoms with Crippen molar-refractivity contribution in [3.63, 3.8) is 0 Å². The molecule has 0 spiro atoms. The lowest BCUT2D eigenvalue weighted by molar-refractivity contribution is 0.102. The van der Waals surface area contributed by atoms with Crippen molar-refractivity contribution in [3.8, 4) is 0 Å². The molecule has 0 aliphatic rings. The van der Waals surface area contributed by atoms with E-state index < -0.39 is 11.7 Å². The monoisotopic (exact) mass is 238 g/mol. The number of nitrogens with one attached hydrogen (secondary N) is 1. The van der Waals surface area contributed by atoms with Crippen molar-refractivity contribution in [2.75, 3.05) is 11.1 Å². The van der Waals surface area contributed by atoms with Crippen molar-refractivity contribution in [1.82, 2.24) is 10.2 Å². The van der Waals surface area contributed by atoms with Gasteiger partial charge in [0, 0.05) is 5.69 Å². The maximum atomic E-state index is 12.8. The Hall–Kier alpha value is -2.02. The molecule has 2 rings (SSSR count). The second-order valence-corrected chi connectivity index (χ2v) is 3.92. The Morgan fingerprint density at radius 3 is 2.88 bits per heavy atom. The number of nitrogen functional groups attached to an aromatic ring is 1. The Balaban J connectivity index is 2.13. The Labute approximate surface area is 94.1 Å². The number of amides is 1. The number of anilines is 2. The van der Waals surface area contributed by atoms with E-state index in [2.05, 4.69) is 15.5 Å². The molecule has 0 saturated heterocycles. The van der Waals surface area contributed by atoms with Crippen LogP contribution in [0.15, 0.2) is 24.3 Å².